The largest absolute Gasteiger partial charge is 0.307 e. The number of nitrogens with zero attached hydrogens (tertiary/aromatic N) is 2. The fraction of sp³-hybridized carbons (Fsp3) is 0.375. The number of halogens is 2. The Morgan fingerprint density at radius 3 is 2.48 bits per heavy atom. The van der Waals surface area contributed by atoms with E-state index in [2.05, 4.69) is 24.8 Å². The molecule has 3 nitrogen and oxygen atoms in total. The molecule has 152 valence electrons. The highest BCUT2D eigenvalue weighted by Gasteiger charge is 2.46. The summed E-state index contributed by atoms with van der Waals surface area (Å²) in [5, 5.41) is 0. The second kappa shape index (κ2) is 7.71. The molecule has 2 aliphatic heterocycles. The van der Waals surface area contributed by atoms with Crippen LogP contribution in [0.15, 0.2) is 54.1 Å². The van der Waals surface area contributed by atoms with Gasteiger partial charge in [-0.3, -0.25) is 9.69 Å². The van der Waals surface area contributed by atoms with Crippen LogP contribution < -0.4 is 4.90 Å². The maximum atomic E-state index is 14.1. The van der Waals surface area contributed by atoms with Crippen LogP contribution in [-0.2, 0) is 5.41 Å². The molecule has 1 amide bonds. The molecule has 29 heavy (non-hydrogen) atoms. The zero-order valence-corrected chi connectivity index (χ0v) is 16.9. The number of allylic oxidation sites excluding steroid dienone is 1. The van der Waals surface area contributed by atoms with E-state index in [4.69, 9.17) is 0 Å². The van der Waals surface area contributed by atoms with E-state index in [1.807, 2.05) is 0 Å². The topological polar surface area (TPSA) is 23.6 Å². The summed E-state index contributed by atoms with van der Waals surface area (Å²) in [5.41, 5.74) is 3.02. The first kappa shape index (κ1) is 19.8. The van der Waals surface area contributed by atoms with Gasteiger partial charge in [0, 0.05) is 29.8 Å². The first-order chi connectivity index (χ1) is 13.9. The fourth-order valence-electron chi connectivity index (χ4n) is 4.50. The van der Waals surface area contributed by atoms with Crippen molar-refractivity contribution in [3.63, 3.8) is 0 Å². The van der Waals surface area contributed by atoms with Crippen molar-refractivity contribution in [1.29, 1.82) is 0 Å². The SMILES string of the molecule is CC(C)=CCN1CCC2(CC1)CN(C(=O)c1cccc(F)c1)c1ccc(F)cc12. The van der Waals surface area contributed by atoms with Crippen molar-refractivity contribution < 1.29 is 13.6 Å². The molecule has 1 spiro atoms. The summed E-state index contributed by atoms with van der Waals surface area (Å²) >= 11 is 0. The van der Waals surface area contributed by atoms with Crippen molar-refractivity contribution in [2.45, 2.75) is 32.1 Å². The van der Waals surface area contributed by atoms with Crippen molar-refractivity contribution in [3.8, 4) is 0 Å². The van der Waals surface area contributed by atoms with Crippen LogP contribution in [0.4, 0.5) is 14.5 Å². The lowest BCUT2D eigenvalue weighted by molar-refractivity contribution is 0.0977. The Labute approximate surface area is 170 Å². The summed E-state index contributed by atoms with van der Waals surface area (Å²) in [6, 6.07) is 10.4. The van der Waals surface area contributed by atoms with E-state index in [0.29, 0.717) is 12.1 Å². The second-order valence-electron chi connectivity index (χ2n) is 8.43. The minimum Gasteiger partial charge on any atom is -0.307 e. The number of hydrogen-bond donors (Lipinski definition) is 0. The minimum absolute atomic E-state index is 0.235. The van der Waals surface area contributed by atoms with Gasteiger partial charge in [0.2, 0.25) is 0 Å². The molecule has 1 saturated heterocycles. The maximum Gasteiger partial charge on any atom is 0.258 e. The Morgan fingerprint density at radius 2 is 1.79 bits per heavy atom. The van der Waals surface area contributed by atoms with Crippen LogP contribution >= 0.6 is 0 Å². The van der Waals surface area contributed by atoms with Crippen molar-refractivity contribution in [3.05, 3.63) is 76.9 Å². The van der Waals surface area contributed by atoms with Crippen LogP contribution in [0, 0.1) is 11.6 Å². The molecule has 2 aliphatic rings. The van der Waals surface area contributed by atoms with Crippen LogP contribution in [0.25, 0.3) is 0 Å². The van der Waals surface area contributed by atoms with Crippen LogP contribution in [0.1, 0.15) is 42.6 Å². The van der Waals surface area contributed by atoms with Gasteiger partial charge in [-0.25, -0.2) is 8.78 Å². The average Bonchev–Trinajstić information content (AvgIpc) is 3.00. The zero-order chi connectivity index (χ0) is 20.6. The lowest BCUT2D eigenvalue weighted by Gasteiger charge is -2.39. The summed E-state index contributed by atoms with van der Waals surface area (Å²) in [6.07, 6.45) is 3.96. The van der Waals surface area contributed by atoms with Gasteiger partial charge < -0.3 is 4.90 Å². The van der Waals surface area contributed by atoms with Gasteiger partial charge in [0.25, 0.3) is 5.91 Å². The van der Waals surface area contributed by atoms with E-state index in [1.54, 1.807) is 29.2 Å². The highest BCUT2D eigenvalue weighted by atomic mass is 19.1. The summed E-state index contributed by atoms with van der Waals surface area (Å²) in [7, 11) is 0. The van der Waals surface area contributed by atoms with Gasteiger partial charge in [-0.2, -0.15) is 0 Å². The molecule has 0 bridgehead atoms. The average molecular weight is 396 g/mol. The number of carbonyl (C=O) groups excluding carboxylic acids is 1. The van der Waals surface area contributed by atoms with Crippen molar-refractivity contribution in [2.24, 2.45) is 0 Å². The van der Waals surface area contributed by atoms with Gasteiger partial charge in [0.15, 0.2) is 0 Å². The Kier molecular flexibility index (Phi) is 5.26. The first-order valence-corrected chi connectivity index (χ1v) is 10.1. The molecule has 0 atom stereocenters. The van der Waals surface area contributed by atoms with Crippen LogP contribution in [-0.4, -0.2) is 37.0 Å². The van der Waals surface area contributed by atoms with Crippen molar-refractivity contribution in [1.82, 2.24) is 4.90 Å². The molecule has 2 aromatic rings. The lowest BCUT2D eigenvalue weighted by atomic mass is 9.74. The van der Waals surface area contributed by atoms with E-state index >= 15 is 0 Å². The molecule has 0 N–H and O–H groups in total. The minimum atomic E-state index is -0.434. The first-order valence-electron chi connectivity index (χ1n) is 10.1. The van der Waals surface area contributed by atoms with E-state index in [9.17, 15) is 13.6 Å². The fourth-order valence-corrected chi connectivity index (χ4v) is 4.50. The van der Waals surface area contributed by atoms with Gasteiger partial charge >= 0.3 is 0 Å². The van der Waals surface area contributed by atoms with Crippen molar-refractivity contribution >= 4 is 11.6 Å². The Balaban J connectivity index is 1.62. The number of piperidine rings is 1. The zero-order valence-electron chi connectivity index (χ0n) is 16.9. The van der Waals surface area contributed by atoms with Gasteiger partial charge in [-0.15, -0.1) is 0 Å². The van der Waals surface area contributed by atoms with Gasteiger partial charge in [-0.05, 0) is 81.7 Å². The number of amides is 1. The summed E-state index contributed by atoms with van der Waals surface area (Å²) in [6.45, 7) is 7.43. The van der Waals surface area contributed by atoms with E-state index in [0.717, 1.165) is 43.7 Å². The highest BCUT2D eigenvalue weighted by Crippen LogP contribution is 2.47. The van der Waals surface area contributed by atoms with Crippen LogP contribution in [0.2, 0.25) is 0 Å². The Bertz CT molecular complexity index is 957. The predicted molar refractivity (Wildman–Crippen MR) is 111 cm³/mol. The number of hydrogen-bond acceptors (Lipinski definition) is 2. The Morgan fingerprint density at radius 1 is 1.07 bits per heavy atom. The van der Waals surface area contributed by atoms with E-state index in [-0.39, 0.29) is 17.1 Å². The molecule has 0 aliphatic carbocycles. The Hall–Kier alpha value is -2.53. The number of fused-ring (bicyclic) bond motifs is 2. The summed E-state index contributed by atoms with van der Waals surface area (Å²) < 4.78 is 27.8. The predicted octanol–water partition coefficient (Wildman–Crippen LogP) is 4.93. The molecule has 1 fully saturated rings. The third-order valence-corrected chi connectivity index (χ3v) is 6.17. The molecule has 0 saturated carbocycles. The highest BCUT2D eigenvalue weighted by molar-refractivity contribution is 6.07. The second-order valence-corrected chi connectivity index (χ2v) is 8.43. The van der Waals surface area contributed by atoms with Crippen molar-refractivity contribution in [2.75, 3.05) is 31.1 Å². The number of benzene rings is 2. The van der Waals surface area contributed by atoms with Gasteiger partial charge in [-0.1, -0.05) is 17.7 Å². The molecular formula is C24H26F2N2O. The number of carbonyl (C=O) groups is 1. The third kappa shape index (κ3) is 3.84. The molecule has 0 aromatic heterocycles. The van der Waals surface area contributed by atoms with Gasteiger partial charge in [0.1, 0.15) is 11.6 Å². The van der Waals surface area contributed by atoms with Gasteiger partial charge in [0.05, 0.1) is 0 Å². The van der Waals surface area contributed by atoms with E-state index in [1.165, 1.54) is 23.8 Å². The quantitative estimate of drug-likeness (QED) is 0.687. The molecule has 5 heteroatoms. The van der Waals surface area contributed by atoms with Crippen LogP contribution in [0.3, 0.4) is 0 Å². The third-order valence-electron chi connectivity index (χ3n) is 6.17. The number of rotatable bonds is 3. The smallest absolute Gasteiger partial charge is 0.258 e. The number of likely N-dealkylation sites (tertiary alicyclic amines) is 1. The number of anilines is 1. The molecular weight excluding hydrogens is 370 g/mol. The monoisotopic (exact) mass is 396 g/mol. The molecule has 2 heterocycles. The molecule has 4 rings (SSSR count). The summed E-state index contributed by atoms with van der Waals surface area (Å²) in [5.74, 6) is -0.951. The maximum absolute atomic E-state index is 14.1. The lowest BCUT2D eigenvalue weighted by Crippen LogP contribution is -2.46. The van der Waals surface area contributed by atoms with Crippen LogP contribution in [0.5, 0.6) is 0 Å². The standard InChI is InChI=1S/C24H26F2N2O/c1-17(2)8-11-27-12-9-24(10-13-27)16-28(22-7-6-20(26)15-21(22)24)23(29)18-4-3-5-19(25)14-18/h3-8,14-15H,9-13,16H2,1-2H3. The van der Waals surface area contributed by atoms with E-state index < -0.39 is 5.82 Å². The normalized spacial score (nSPS) is 18.0. The molecule has 0 unspecified atom stereocenters. The molecule has 2 aromatic carbocycles. The molecule has 0 radical (unpaired) electrons. The summed E-state index contributed by atoms with van der Waals surface area (Å²) in [4.78, 5) is 17.3.